The van der Waals surface area contributed by atoms with E-state index in [0.717, 1.165) is 30.5 Å². The van der Waals surface area contributed by atoms with Crippen LogP contribution in [0, 0.1) is 5.82 Å². The van der Waals surface area contributed by atoms with Crippen LogP contribution in [0.25, 0.3) is 11.0 Å². The van der Waals surface area contributed by atoms with Gasteiger partial charge in [-0.15, -0.1) is 0 Å². The minimum atomic E-state index is -0.338. The molecule has 11 heteroatoms. The van der Waals surface area contributed by atoms with Crippen LogP contribution in [0.1, 0.15) is 12.5 Å². The number of fused-ring (bicyclic) bond motifs is 1. The fourth-order valence-corrected chi connectivity index (χ4v) is 4.34. The summed E-state index contributed by atoms with van der Waals surface area (Å²) in [4.78, 5) is 28.4. The highest BCUT2D eigenvalue weighted by Crippen LogP contribution is 2.33. The molecule has 0 saturated heterocycles. The molecule has 0 saturated carbocycles. The summed E-state index contributed by atoms with van der Waals surface area (Å²) < 4.78 is 21.4. The number of hydrogen-bond acceptors (Lipinski definition) is 8. The third kappa shape index (κ3) is 7.59. The van der Waals surface area contributed by atoms with Gasteiger partial charge in [0.15, 0.2) is 0 Å². The third-order valence-electron chi connectivity index (χ3n) is 6.47. The molecule has 2 aromatic heterocycles. The highest BCUT2D eigenvalue weighted by atomic mass is 19.1. The standard InChI is InChI=1S/C30H37FN8O2/c1-6-26(40)34-21-9-8-10-23(17-21)41-29-27-20(13-15-38(4)5)19-33-28(27)36-30(37-29)35-22-11-12-25(24(31)18-22)39(7-2)16-14-32-3/h6,8-12,17-19,32H,1,7,13-16H2,2-5H3,(H,34,40)(H2,33,35,36,37). The predicted molar refractivity (Wildman–Crippen MR) is 163 cm³/mol. The van der Waals surface area contributed by atoms with Crippen LogP contribution in [0.2, 0.25) is 0 Å². The Balaban J connectivity index is 1.67. The second-order valence-electron chi connectivity index (χ2n) is 9.74. The lowest BCUT2D eigenvalue weighted by molar-refractivity contribution is -0.111. The maximum atomic E-state index is 15.1. The molecule has 0 aliphatic carbocycles. The lowest BCUT2D eigenvalue weighted by Crippen LogP contribution is -2.31. The minimum Gasteiger partial charge on any atom is -0.438 e. The fraction of sp³-hybridized carbons (Fsp3) is 0.300. The molecule has 10 nitrogen and oxygen atoms in total. The zero-order valence-corrected chi connectivity index (χ0v) is 23.9. The van der Waals surface area contributed by atoms with E-state index >= 15 is 4.39 Å². The summed E-state index contributed by atoms with van der Waals surface area (Å²) in [6, 6.07) is 12.0. The van der Waals surface area contributed by atoms with Crippen molar-refractivity contribution in [2.45, 2.75) is 13.3 Å². The van der Waals surface area contributed by atoms with E-state index in [9.17, 15) is 4.79 Å². The zero-order chi connectivity index (χ0) is 29.4. The maximum absolute atomic E-state index is 15.1. The van der Waals surface area contributed by atoms with Crippen molar-refractivity contribution in [1.82, 2.24) is 25.2 Å². The molecular formula is C30H37FN8O2. The molecule has 41 heavy (non-hydrogen) atoms. The van der Waals surface area contributed by atoms with Crippen molar-refractivity contribution in [1.29, 1.82) is 0 Å². The number of rotatable bonds is 14. The van der Waals surface area contributed by atoms with Crippen molar-refractivity contribution >= 4 is 40.0 Å². The van der Waals surface area contributed by atoms with Crippen molar-refractivity contribution in [3.63, 3.8) is 0 Å². The number of nitrogens with one attached hydrogen (secondary N) is 4. The topological polar surface area (TPSA) is 110 Å². The van der Waals surface area contributed by atoms with Crippen LogP contribution in [-0.2, 0) is 11.2 Å². The van der Waals surface area contributed by atoms with Crippen molar-refractivity contribution in [3.8, 4) is 11.6 Å². The molecule has 0 unspecified atom stereocenters. The average Bonchev–Trinajstić information content (AvgIpc) is 3.36. The highest BCUT2D eigenvalue weighted by Gasteiger charge is 2.18. The summed E-state index contributed by atoms with van der Waals surface area (Å²) in [6.07, 6.45) is 3.86. The van der Waals surface area contributed by atoms with Crippen LogP contribution >= 0.6 is 0 Å². The molecule has 0 aliphatic rings. The largest absolute Gasteiger partial charge is 0.438 e. The van der Waals surface area contributed by atoms with Gasteiger partial charge in [-0.1, -0.05) is 12.6 Å². The van der Waals surface area contributed by atoms with Gasteiger partial charge >= 0.3 is 0 Å². The van der Waals surface area contributed by atoms with Gasteiger partial charge in [-0.2, -0.15) is 9.97 Å². The van der Waals surface area contributed by atoms with E-state index in [-0.39, 0.29) is 17.7 Å². The normalized spacial score (nSPS) is 11.1. The van der Waals surface area contributed by atoms with Crippen molar-refractivity contribution in [3.05, 3.63) is 72.7 Å². The number of carbonyl (C=O) groups excluding carboxylic acids is 1. The molecular weight excluding hydrogens is 523 g/mol. The molecule has 2 aromatic carbocycles. The summed E-state index contributed by atoms with van der Waals surface area (Å²) in [5.74, 6) is 0.404. The number of aromatic amines is 1. The quantitative estimate of drug-likeness (QED) is 0.161. The van der Waals surface area contributed by atoms with Crippen LogP contribution in [0.15, 0.2) is 61.3 Å². The lowest BCUT2D eigenvalue weighted by atomic mass is 10.1. The molecule has 0 spiro atoms. The van der Waals surface area contributed by atoms with Crippen molar-refractivity contribution in [2.75, 3.05) is 62.9 Å². The first kappa shape index (κ1) is 29.5. The molecule has 1 amide bonds. The van der Waals surface area contributed by atoms with Crippen LogP contribution in [0.4, 0.5) is 27.4 Å². The molecule has 4 N–H and O–H groups in total. The van der Waals surface area contributed by atoms with Crippen LogP contribution in [0.5, 0.6) is 11.6 Å². The molecule has 0 aliphatic heterocycles. The van der Waals surface area contributed by atoms with Gasteiger partial charge in [-0.3, -0.25) is 4.79 Å². The summed E-state index contributed by atoms with van der Waals surface area (Å²) in [5, 5.41) is 9.71. The predicted octanol–water partition coefficient (Wildman–Crippen LogP) is 4.91. The molecule has 0 atom stereocenters. The number of amides is 1. The van der Waals surface area contributed by atoms with E-state index in [0.29, 0.717) is 47.4 Å². The molecule has 0 radical (unpaired) electrons. The van der Waals surface area contributed by atoms with E-state index in [1.807, 2.05) is 39.2 Å². The third-order valence-corrected chi connectivity index (χ3v) is 6.47. The van der Waals surface area contributed by atoms with E-state index < -0.39 is 0 Å². The Bertz CT molecular complexity index is 1500. The first-order valence-corrected chi connectivity index (χ1v) is 13.5. The van der Waals surface area contributed by atoms with Crippen LogP contribution < -0.4 is 25.6 Å². The first-order chi connectivity index (χ1) is 19.8. The second-order valence-corrected chi connectivity index (χ2v) is 9.74. The number of ether oxygens (including phenoxy) is 1. The molecule has 0 fully saturated rings. The Kier molecular flexibility index (Phi) is 9.88. The second kappa shape index (κ2) is 13.7. The minimum absolute atomic E-state index is 0.249. The fourth-order valence-electron chi connectivity index (χ4n) is 4.34. The Morgan fingerprint density at radius 2 is 1.98 bits per heavy atom. The Morgan fingerprint density at radius 3 is 2.68 bits per heavy atom. The van der Waals surface area contributed by atoms with E-state index in [1.165, 1.54) is 12.1 Å². The van der Waals surface area contributed by atoms with E-state index in [4.69, 9.17) is 4.74 Å². The van der Waals surface area contributed by atoms with E-state index in [2.05, 4.69) is 42.4 Å². The molecule has 4 rings (SSSR count). The van der Waals surface area contributed by atoms with Crippen molar-refractivity contribution in [2.24, 2.45) is 0 Å². The van der Waals surface area contributed by atoms with Gasteiger partial charge in [0, 0.05) is 49.8 Å². The molecule has 2 heterocycles. The first-order valence-electron chi connectivity index (χ1n) is 13.5. The Labute approximate surface area is 239 Å². The number of aromatic nitrogens is 3. The maximum Gasteiger partial charge on any atom is 0.247 e. The number of H-pyrrole nitrogens is 1. The number of hydrogen-bond donors (Lipinski definition) is 4. The summed E-state index contributed by atoms with van der Waals surface area (Å²) >= 11 is 0. The summed E-state index contributed by atoms with van der Waals surface area (Å²) in [6.45, 7) is 8.44. The van der Waals surface area contributed by atoms with Crippen LogP contribution in [-0.4, -0.2) is 73.1 Å². The number of benzene rings is 2. The summed E-state index contributed by atoms with van der Waals surface area (Å²) in [5.41, 5.74) is 3.19. The number of likely N-dealkylation sites (N-methyl/N-ethyl adjacent to an activating group) is 3. The monoisotopic (exact) mass is 560 g/mol. The highest BCUT2D eigenvalue weighted by molar-refractivity contribution is 5.99. The van der Waals surface area contributed by atoms with Crippen LogP contribution in [0.3, 0.4) is 0 Å². The van der Waals surface area contributed by atoms with Crippen molar-refractivity contribution < 1.29 is 13.9 Å². The van der Waals surface area contributed by atoms with Gasteiger partial charge in [-0.05, 0) is 76.5 Å². The number of halogens is 1. The van der Waals surface area contributed by atoms with E-state index in [1.54, 1.807) is 36.4 Å². The molecule has 216 valence electrons. The molecule has 0 bridgehead atoms. The number of carbonyl (C=O) groups is 1. The SMILES string of the molecule is C=CC(=O)Nc1cccc(Oc2nc(Nc3ccc(N(CC)CCNC)c(F)c3)nc3[nH]cc(CCN(C)C)c23)c1. The Hall–Kier alpha value is -4.48. The van der Waals surface area contributed by atoms with Gasteiger partial charge in [0.05, 0.1) is 11.1 Å². The lowest BCUT2D eigenvalue weighted by Gasteiger charge is -2.23. The number of anilines is 4. The van der Waals surface area contributed by atoms with Gasteiger partial charge in [0.2, 0.25) is 17.7 Å². The van der Waals surface area contributed by atoms with Gasteiger partial charge in [0.25, 0.3) is 0 Å². The van der Waals surface area contributed by atoms with Gasteiger partial charge < -0.3 is 35.5 Å². The zero-order valence-electron chi connectivity index (χ0n) is 23.9. The van der Waals surface area contributed by atoms with Gasteiger partial charge in [-0.25, -0.2) is 4.39 Å². The average molecular weight is 561 g/mol. The number of nitrogens with zero attached hydrogens (tertiary/aromatic N) is 4. The summed E-state index contributed by atoms with van der Waals surface area (Å²) in [7, 11) is 5.90. The van der Waals surface area contributed by atoms with Gasteiger partial charge in [0.1, 0.15) is 17.2 Å². The smallest absolute Gasteiger partial charge is 0.247 e. The molecule has 4 aromatic rings. The Morgan fingerprint density at radius 1 is 1.15 bits per heavy atom.